The van der Waals surface area contributed by atoms with Crippen LogP contribution in [-0.2, 0) is 6.54 Å². The number of nitrogens with zero attached hydrogens (tertiary/aromatic N) is 3. The summed E-state index contributed by atoms with van der Waals surface area (Å²) in [6.45, 7) is 1.63. The van der Waals surface area contributed by atoms with Crippen LogP contribution in [0.25, 0.3) is 11.1 Å². The molecule has 0 spiro atoms. The zero-order valence-corrected chi connectivity index (χ0v) is 13.4. The minimum Gasteiger partial charge on any atom is -0.364 e. The molecular weight excluding hydrogens is 321 g/mol. The Balaban J connectivity index is 1.48. The van der Waals surface area contributed by atoms with Gasteiger partial charge < -0.3 is 9.42 Å². The highest BCUT2D eigenvalue weighted by molar-refractivity contribution is 5.94. The molecule has 0 N–H and O–H groups in total. The van der Waals surface area contributed by atoms with Gasteiger partial charge in [0, 0.05) is 30.9 Å². The third kappa shape index (κ3) is 3.10. The summed E-state index contributed by atoms with van der Waals surface area (Å²) >= 11 is 0. The molecule has 6 heteroatoms. The second-order valence-corrected chi connectivity index (χ2v) is 5.95. The van der Waals surface area contributed by atoms with Crippen molar-refractivity contribution in [2.45, 2.75) is 6.54 Å². The van der Waals surface area contributed by atoms with Gasteiger partial charge in [0.25, 0.3) is 0 Å². The van der Waals surface area contributed by atoms with Crippen LogP contribution in [0.4, 0.5) is 14.9 Å². The molecule has 25 heavy (non-hydrogen) atoms. The van der Waals surface area contributed by atoms with Gasteiger partial charge in [-0.2, -0.15) is 0 Å². The SMILES string of the molecule is O=C1N(Cc2cccc(F)c2)CCN1c1ccc(-c2cnoc2)cc1. The molecule has 126 valence electrons. The van der Waals surface area contributed by atoms with Crippen LogP contribution in [0.3, 0.4) is 0 Å². The Bertz CT molecular complexity index is 878. The Morgan fingerprint density at radius 2 is 1.92 bits per heavy atom. The Hall–Kier alpha value is -3.15. The Morgan fingerprint density at radius 3 is 2.64 bits per heavy atom. The number of carbonyl (C=O) groups excluding carboxylic acids is 1. The zero-order chi connectivity index (χ0) is 17.2. The fourth-order valence-corrected chi connectivity index (χ4v) is 3.01. The smallest absolute Gasteiger partial charge is 0.324 e. The van der Waals surface area contributed by atoms with Gasteiger partial charge in [0.1, 0.15) is 12.1 Å². The Morgan fingerprint density at radius 1 is 1.08 bits per heavy atom. The maximum atomic E-state index is 13.3. The first-order chi connectivity index (χ1) is 12.2. The number of anilines is 1. The van der Waals surface area contributed by atoms with Crippen molar-refractivity contribution in [1.82, 2.24) is 10.1 Å². The molecule has 2 heterocycles. The van der Waals surface area contributed by atoms with Gasteiger partial charge in [0.15, 0.2) is 0 Å². The molecule has 1 aliphatic rings. The van der Waals surface area contributed by atoms with E-state index in [2.05, 4.69) is 5.16 Å². The first kappa shape index (κ1) is 15.4. The van der Waals surface area contributed by atoms with Crippen LogP contribution in [0.2, 0.25) is 0 Å². The summed E-state index contributed by atoms with van der Waals surface area (Å²) in [7, 11) is 0. The highest BCUT2D eigenvalue weighted by atomic mass is 19.1. The largest absolute Gasteiger partial charge is 0.364 e. The average Bonchev–Trinajstić information content (AvgIpc) is 3.27. The minimum absolute atomic E-state index is 0.0676. The number of amides is 2. The second-order valence-electron chi connectivity index (χ2n) is 5.95. The fourth-order valence-electron chi connectivity index (χ4n) is 3.01. The van der Waals surface area contributed by atoms with Crippen LogP contribution >= 0.6 is 0 Å². The van der Waals surface area contributed by atoms with Crippen LogP contribution in [0.5, 0.6) is 0 Å². The topological polar surface area (TPSA) is 49.6 Å². The standard InChI is InChI=1S/C19H16FN3O2/c20-17-3-1-2-14(10-17)12-22-8-9-23(19(22)24)18-6-4-15(5-7-18)16-11-21-25-13-16/h1-7,10-11,13H,8-9,12H2. The van der Waals surface area contributed by atoms with E-state index in [9.17, 15) is 9.18 Å². The molecule has 0 bridgehead atoms. The van der Waals surface area contributed by atoms with E-state index in [1.807, 2.05) is 30.3 Å². The average molecular weight is 337 g/mol. The van der Waals surface area contributed by atoms with Crippen LogP contribution < -0.4 is 4.90 Å². The van der Waals surface area contributed by atoms with E-state index in [0.717, 1.165) is 22.4 Å². The van der Waals surface area contributed by atoms with Gasteiger partial charge in [-0.3, -0.25) is 4.90 Å². The lowest BCUT2D eigenvalue weighted by Crippen LogP contribution is -2.31. The van der Waals surface area contributed by atoms with Crippen molar-refractivity contribution in [2.75, 3.05) is 18.0 Å². The van der Waals surface area contributed by atoms with Crippen molar-refractivity contribution in [3.63, 3.8) is 0 Å². The predicted molar refractivity (Wildman–Crippen MR) is 91.5 cm³/mol. The number of urea groups is 1. The molecule has 3 aromatic rings. The summed E-state index contributed by atoms with van der Waals surface area (Å²) in [5, 5.41) is 3.69. The number of hydrogen-bond acceptors (Lipinski definition) is 3. The van der Waals surface area contributed by atoms with Crippen LogP contribution in [0.1, 0.15) is 5.56 Å². The van der Waals surface area contributed by atoms with Crippen LogP contribution in [-0.4, -0.2) is 29.2 Å². The summed E-state index contributed by atoms with van der Waals surface area (Å²) in [5.41, 5.74) is 3.50. The van der Waals surface area contributed by atoms with Crippen molar-refractivity contribution in [2.24, 2.45) is 0 Å². The van der Waals surface area contributed by atoms with E-state index in [1.54, 1.807) is 28.3 Å². The Kier molecular flexibility index (Phi) is 3.93. The fraction of sp³-hybridized carbons (Fsp3) is 0.158. The lowest BCUT2D eigenvalue weighted by molar-refractivity contribution is 0.218. The van der Waals surface area contributed by atoms with Crippen molar-refractivity contribution in [3.05, 3.63) is 72.4 Å². The number of aromatic nitrogens is 1. The Labute approximate surface area is 144 Å². The lowest BCUT2D eigenvalue weighted by Gasteiger charge is -2.19. The summed E-state index contributed by atoms with van der Waals surface area (Å²) in [4.78, 5) is 16.1. The van der Waals surface area contributed by atoms with Crippen molar-refractivity contribution >= 4 is 11.7 Å². The maximum absolute atomic E-state index is 13.3. The summed E-state index contributed by atoms with van der Waals surface area (Å²) < 4.78 is 18.2. The van der Waals surface area contributed by atoms with Crippen molar-refractivity contribution in [3.8, 4) is 11.1 Å². The molecule has 0 radical (unpaired) electrons. The third-order valence-electron chi connectivity index (χ3n) is 4.30. The molecule has 0 aliphatic carbocycles. The third-order valence-corrected chi connectivity index (χ3v) is 4.30. The number of halogens is 1. The molecule has 2 amide bonds. The van der Waals surface area contributed by atoms with Crippen molar-refractivity contribution in [1.29, 1.82) is 0 Å². The molecule has 1 fully saturated rings. The molecule has 0 unspecified atom stereocenters. The van der Waals surface area contributed by atoms with Gasteiger partial charge in [-0.05, 0) is 35.4 Å². The van der Waals surface area contributed by atoms with E-state index >= 15 is 0 Å². The zero-order valence-electron chi connectivity index (χ0n) is 13.4. The summed E-state index contributed by atoms with van der Waals surface area (Å²) in [5.74, 6) is -0.287. The van der Waals surface area contributed by atoms with E-state index in [-0.39, 0.29) is 11.8 Å². The molecule has 5 nitrogen and oxygen atoms in total. The number of benzene rings is 2. The number of carbonyl (C=O) groups is 1. The quantitative estimate of drug-likeness (QED) is 0.725. The molecule has 1 aromatic heterocycles. The van der Waals surface area contributed by atoms with Gasteiger partial charge in [0.2, 0.25) is 0 Å². The molecular formula is C19H16FN3O2. The number of hydrogen-bond donors (Lipinski definition) is 0. The monoisotopic (exact) mass is 337 g/mol. The maximum Gasteiger partial charge on any atom is 0.324 e. The van der Waals surface area contributed by atoms with E-state index in [1.165, 1.54) is 12.1 Å². The number of rotatable bonds is 4. The van der Waals surface area contributed by atoms with Gasteiger partial charge in [0.05, 0.1) is 6.20 Å². The molecule has 0 atom stereocenters. The summed E-state index contributed by atoms with van der Waals surface area (Å²) in [6, 6.07) is 14.0. The van der Waals surface area contributed by atoms with E-state index in [4.69, 9.17) is 4.52 Å². The summed E-state index contributed by atoms with van der Waals surface area (Å²) in [6.07, 6.45) is 3.23. The van der Waals surface area contributed by atoms with Crippen molar-refractivity contribution < 1.29 is 13.7 Å². The van der Waals surface area contributed by atoms with E-state index in [0.29, 0.717) is 19.6 Å². The van der Waals surface area contributed by atoms with Crippen LogP contribution in [0.15, 0.2) is 65.5 Å². The first-order valence-electron chi connectivity index (χ1n) is 8.01. The minimum atomic E-state index is -0.287. The molecule has 1 saturated heterocycles. The lowest BCUT2D eigenvalue weighted by atomic mass is 10.1. The highest BCUT2D eigenvalue weighted by Crippen LogP contribution is 2.26. The first-order valence-corrected chi connectivity index (χ1v) is 8.01. The van der Waals surface area contributed by atoms with Gasteiger partial charge in [-0.15, -0.1) is 0 Å². The highest BCUT2D eigenvalue weighted by Gasteiger charge is 2.29. The van der Waals surface area contributed by atoms with Gasteiger partial charge in [-0.25, -0.2) is 9.18 Å². The predicted octanol–water partition coefficient (Wildman–Crippen LogP) is 3.92. The molecule has 2 aromatic carbocycles. The molecule has 4 rings (SSSR count). The van der Waals surface area contributed by atoms with Gasteiger partial charge in [-0.1, -0.05) is 29.4 Å². The van der Waals surface area contributed by atoms with E-state index < -0.39 is 0 Å². The molecule has 1 aliphatic heterocycles. The van der Waals surface area contributed by atoms with Gasteiger partial charge >= 0.3 is 6.03 Å². The normalized spacial score (nSPS) is 14.4. The molecule has 0 saturated carbocycles. The van der Waals surface area contributed by atoms with Crippen LogP contribution in [0, 0.1) is 5.82 Å². The second kappa shape index (κ2) is 6.39.